The lowest BCUT2D eigenvalue weighted by Gasteiger charge is -2.30. The number of carboxylic acid groups (broad SMARTS) is 1. The molecule has 0 spiro atoms. The molecule has 1 aliphatic carbocycles. The van der Waals surface area contributed by atoms with Crippen LogP contribution in [-0.4, -0.2) is 68.7 Å². The number of aromatic nitrogens is 3. The number of carbonyl (C=O) groups excluding carboxylic acids is 1. The highest BCUT2D eigenvalue weighted by Crippen LogP contribution is 2.32. The van der Waals surface area contributed by atoms with Gasteiger partial charge in [0, 0.05) is 46.0 Å². The van der Waals surface area contributed by atoms with Crippen LogP contribution in [0, 0.1) is 0 Å². The van der Waals surface area contributed by atoms with Gasteiger partial charge in [-0.25, -0.2) is 9.97 Å². The van der Waals surface area contributed by atoms with Crippen LogP contribution in [0.3, 0.4) is 0 Å². The number of likely N-dealkylation sites (N-methyl/N-ethyl adjacent to an activating group) is 1. The van der Waals surface area contributed by atoms with Crippen LogP contribution in [0.25, 0.3) is 22.2 Å². The molecule has 0 saturated heterocycles. The van der Waals surface area contributed by atoms with E-state index in [0.29, 0.717) is 22.2 Å². The molecule has 1 fully saturated rings. The number of hydrogen-bond acceptors (Lipinski definition) is 7. The van der Waals surface area contributed by atoms with Crippen molar-refractivity contribution in [1.29, 1.82) is 0 Å². The molecule has 11 heteroatoms. The number of rotatable bonds is 10. The van der Waals surface area contributed by atoms with Crippen LogP contribution < -0.4 is 16.0 Å². The second kappa shape index (κ2) is 12.6. The van der Waals surface area contributed by atoms with Crippen LogP contribution in [0.1, 0.15) is 43.0 Å². The van der Waals surface area contributed by atoms with E-state index in [1.165, 1.54) is 0 Å². The number of hydrogen-bond donors (Lipinski definition) is 5. The fourth-order valence-electron chi connectivity index (χ4n) is 5.22. The van der Waals surface area contributed by atoms with E-state index in [0.717, 1.165) is 47.8 Å². The zero-order chi connectivity index (χ0) is 28.9. The summed E-state index contributed by atoms with van der Waals surface area (Å²) >= 11 is 6.49. The van der Waals surface area contributed by atoms with Crippen LogP contribution in [0.2, 0.25) is 5.02 Å². The molecule has 1 amide bonds. The van der Waals surface area contributed by atoms with Gasteiger partial charge in [0.1, 0.15) is 0 Å². The van der Waals surface area contributed by atoms with Gasteiger partial charge in [-0.3, -0.25) is 14.5 Å². The second-order valence-corrected chi connectivity index (χ2v) is 10.9. The third-order valence-electron chi connectivity index (χ3n) is 7.50. The van der Waals surface area contributed by atoms with Gasteiger partial charge >= 0.3 is 5.97 Å². The van der Waals surface area contributed by atoms with Gasteiger partial charge in [-0.15, -0.1) is 0 Å². The molecule has 4 aromatic rings. The number of nitrogens with one attached hydrogen (secondary N) is 4. The zero-order valence-electron chi connectivity index (χ0n) is 23.0. The molecule has 41 heavy (non-hydrogen) atoms. The van der Waals surface area contributed by atoms with Gasteiger partial charge < -0.3 is 26.0 Å². The molecule has 0 bridgehead atoms. The minimum absolute atomic E-state index is 0.0247. The number of carboxylic acids is 1. The van der Waals surface area contributed by atoms with E-state index in [-0.39, 0.29) is 30.7 Å². The molecule has 0 aliphatic heterocycles. The minimum Gasteiger partial charge on any atom is -0.480 e. The van der Waals surface area contributed by atoms with E-state index in [9.17, 15) is 9.59 Å². The predicted molar refractivity (Wildman–Crippen MR) is 161 cm³/mol. The van der Waals surface area contributed by atoms with Crippen molar-refractivity contribution in [2.75, 3.05) is 24.2 Å². The molecule has 1 unspecified atom stereocenters. The maximum absolute atomic E-state index is 13.0. The summed E-state index contributed by atoms with van der Waals surface area (Å²) in [6, 6.07) is 15.4. The molecule has 2 heterocycles. The van der Waals surface area contributed by atoms with Gasteiger partial charge in [0.15, 0.2) is 0 Å². The van der Waals surface area contributed by atoms with Crippen LogP contribution in [0.5, 0.6) is 0 Å². The number of aromatic amines is 1. The van der Waals surface area contributed by atoms with Crippen molar-refractivity contribution in [2.24, 2.45) is 0 Å². The lowest BCUT2D eigenvalue weighted by molar-refractivity contribution is -0.138. The summed E-state index contributed by atoms with van der Waals surface area (Å²) in [6.45, 7) is 1.82. The van der Waals surface area contributed by atoms with Gasteiger partial charge in [-0.1, -0.05) is 29.8 Å². The first-order valence-corrected chi connectivity index (χ1v) is 14.1. The molecule has 2 aromatic carbocycles. The number of H-pyrrole nitrogens is 1. The number of para-hydroxylation sites is 1. The largest absolute Gasteiger partial charge is 0.480 e. The van der Waals surface area contributed by atoms with Gasteiger partial charge in [-0.05, 0) is 70.0 Å². The number of halogens is 1. The molecule has 1 aliphatic rings. The van der Waals surface area contributed by atoms with E-state index in [2.05, 4.69) is 25.9 Å². The van der Waals surface area contributed by atoms with Gasteiger partial charge in [0.2, 0.25) is 5.95 Å². The summed E-state index contributed by atoms with van der Waals surface area (Å²) in [7, 11) is 1.74. The summed E-state index contributed by atoms with van der Waals surface area (Å²) < 4.78 is 0. The third kappa shape index (κ3) is 6.96. The first-order valence-electron chi connectivity index (χ1n) is 13.7. The Morgan fingerprint density at radius 3 is 2.68 bits per heavy atom. The summed E-state index contributed by atoms with van der Waals surface area (Å²) in [5.74, 6) is -0.496. The Hall–Kier alpha value is -4.15. The predicted octanol–water partition coefficient (Wildman–Crippen LogP) is 5.21. The van der Waals surface area contributed by atoms with Gasteiger partial charge in [0.25, 0.3) is 5.91 Å². The Bertz CT molecular complexity index is 1520. The van der Waals surface area contributed by atoms with E-state index in [4.69, 9.17) is 21.7 Å². The van der Waals surface area contributed by atoms with Crippen molar-refractivity contribution in [3.63, 3.8) is 0 Å². The monoisotopic (exact) mass is 575 g/mol. The van der Waals surface area contributed by atoms with Crippen molar-refractivity contribution in [2.45, 2.75) is 50.9 Å². The Morgan fingerprint density at radius 2 is 1.90 bits per heavy atom. The standard InChI is InChI=1S/C30H34ClN7O3/c1-18(38(2)17-27(39)40)34-20-12-10-19(11-13-20)29(41)35-21-6-5-7-22(14-21)36-30-33-16-25(31)28(37-30)24-15-32-26-9-4-3-8-23(24)26/h3-4,8-13,15-16,18,21-22,32,34H,5-7,14,17H2,1-2H3,(H,35,41)(H,39,40)(H,33,36,37)/t18?,21-,22+/m0/s1. The normalized spacial score (nSPS) is 17.8. The molecule has 0 radical (unpaired) electrons. The maximum Gasteiger partial charge on any atom is 0.317 e. The van der Waals surface area contributed by atoms with E-state index in [1.54, 1.807) is 30.3 Å². The number of nitrogens with zero attached hydrogens (tertiary/aromatic N) is 3. The topological polar surface area (TPSA) is 135 Å². The van der Waals surface area contributed by atoms with E-state index < -0.39 is 5.97 Å². The smallest absolute Gasteiger partial charge is 0.317 e. The highest BCUT2D eigenvalue weighted by Gasteiger charge is 2.25. The second-order valence-electron chi connectivity index (χ2n) is 10.5. The Morgan fingerprint density at radius 1 is 1.15 bits per heavy atom. The Labute approximate surface area is 243 Å². The number of carbonyl (C=O) groups is 2. The number of anilines is 2. The molecule has 10 nitrogen and oxygen atoms in total. The van der Waals surface area contributed by atoms with Gasteiger partial charge in [-0.2, -0.15) is 0 Å². The molecular weight excluding hydrogens is 542 g/mol. The number of aliphatic carboxylic acids is 1. The molecule has 1 saturated carbocycles. The van der Waals surface area contributed by atoms with Crippen molar-refractivity contribution < 1.29 is 14.7 Å². The van der Waals surface area contributed by atoms with E-state index >= 15 is 0 Å². The van der Waals surface area contributed by atoms with Gasteiger partial charge in [0.05, 0.1) is 29.6 Å². The van der Waals surface area contributed by atoms with Crippen molar-refractivity contribution in [3.05, 3.63) is 71.5 Å². The summed E-state index contributed by atoms with van der Waals surface area (Å²) in [6.07, 6.45) is 6.94. The number of fused-ring (bicyclic) bond motifs is 1. The number of amides is 1. The molecular formula is C30H34ClN7O3. The summed E-state index contributed by atoms with van der Waals surface area (Å²) in [5.41, 5.74) is 3.99. The molecule has 5 N–H and O–H groups in total. The molecule has 5 rings (SSSR count). The van der Waals surface area contributed by atoms with Crippen LogP contribution in [0.15, 0.2) is 60.9 Å². The maximum atomic E-state index is 13.0. The van der Waals surface area contributed by atoms with Crippen molar-refractivity contribution >= 4 is 46.0 Å². The summed E-state index contributed by atoms with van der Waals surface area (Å²) in [4.78, 5) is 38.1. The SMILES string of the molecule is CC(Nc1ccc(C(=O)N[C@H]2CCC[C@@H](Nc3ncc(Cl)c(-c4c[nH]c5ccccc45)n3)C2)cc1)N(C)CC(=O)O. The van der Waals surface area contributed by atoms with Crippen LogP contribution >= 0.6 is 11.6 Å². The zero-order valence-corrected chi connectivity index (χ0v) is 23.8. The van der Waals surface area contributed by atoms with E-state index in [1.807, 2.05) is 49.5 Å². The molecule has 2 aromatic heterocycles. The van der Waals surface area contributed by atoms with Crippen molar-refractivity contribution in [1.82, 2.24) is 25.2 Å². The van der Waals surface area contributed by atoms with Crippen LogP contribution in [-0.2, 0) is 4.79 Å². The fraction of sp³-hybridized carbons (Fsp3) is 0.333. The highest BCUT2D eigenvalue weighted by atomic mass is 35.5. The Balaban J connectivity index is 1.18. The first-order chi connectivity index (χ1) is 19.8. The highest BCUT2D eigenvalue weighted by molar-refractivity contribution is 6.33. The third-order valence-corrected chi connectivity index (χ3v) is 7.78. The quantitative estimate of drug-likeness (QED) is 0.163. The fourth-order valence-corrected chi connectivity index (χ4v) is 5.41. The lowest BCUT2D eigenvalue weighted by atomic mass is 9.91. The molecule has 3 atom stereocenters. The van der Waals surface area contributed by atoms with Crippen molar-refractivity contribution in [3.8, 4) is 11.3 Å². The average molecular weight is 576 g/mol. The Kier molecular flexibility index (Phi) is 8.70. The minimum atomic E-state index is -0.885. The molecule has 214 valence electrons. The van der Waals surface area contributed by atoms with Crippen LogP contribution in [0.4, 0.5) is 11.6 Å². The lowest BCUT2D eigenvalue weighted by Crippen LogP contribution is -2.42. The average Bonchev–Trinajstić information content (AvgIpc) is 3.38. The summed E-state index contributed by atoms with van der Waals surface area (Å²) in [5, 5.41) is 20.4. The first kappa shape index (κ1) is 28.4. The number of benzene rings is 2.